The van der Waals surface area contributed by atoms with Crippen LogP contribution in [0.4, 0.5) is 8.78 Å². The molecule has 0 unspecified atom stereocenters. The van der Waals surface area contributed by atoms with Crippen molar-refractivity contribution in [3.63, 3.8) is 0 Å². The molecule has 1 heterocycles. The zero-order valence-electron chi connectivity index (χ0n) is 7.70. The number of ether oxygens (including phenoxy) is 1. The van der Waals surface area contributed by atoms with Gasteiger partial charge in [0.05, 0.1) is 18.2 Å². The minimum absolute atomic E-state index is 0.191. The summed E-state index contributed by atoms with van der Waals surface area (Å²) >= 11 is 0. The van der Waals surface area contributed by atoms with E-state index in [0.29, 0.717) is 0 Å². The van der Waals surface area contributed by atoms with Crippen LogP contribution in [0, 0.1) is 11.3 Å². The molecular formula is C9H6F2N2O2. The molecule has 0 fully saturated rings. The molecule has 0 amide bonds. The van der Waals surface area contributed by atoms with Gasteiger partial charge in [0.1, 0.15) is 6.07 Å². The van der Waals surface area contributed by atoms with Crippen LogP contribution in [0.3, 0.4) is 0 Å². The fourth-order valence-electron chi connectivity index (χ4n) is 1.10. The monoisotopic (exact) mass is 212 g/mol. The van der Waals surface area contributed by atoms with Crippen LogP contribution in [-0.2, 0) is 0 Å². The predicted octanol–water partition coefficient (Wildman–Crippen LogP) is 1.71. The Labute approximate surface area is 84.1 Å². The highest BCUT2D eigenvalue weighted by atomic mass is 19.3. The van der Waals surface area contributed by atoms with Gasteiger partial charge in [0.25, 0.3) is 6.43 Å². The summed E-state index contributed by atoms with van der Waals surface area (Å²) in [6, 6.07) is 1.65. The minimum Gasteiger partial charge on any atom is -0.493 e. The number of nitriles is 1. The lowest BCUT2D eigenvalue weighted by Gasteiger charge is -2.08. The molecular weight excluding hydrogens is 206 g/mol. The molecule has 0 aliphatic heterocycles. The predicted molar refractivity (Wildman–Crippen MR) is 45.8 cm³/mol. The van der Waals surface area contributed by atoms with Gasteiger partial charge in [-0.15, -0.1) is 0 Å². The van der Waals surface area contributed by atoms with E-state index in [1.165, 1.54) is 7.11 Å². The standard InChI is InChI=1S/C9H6F2N2O2/c1-15-8-6(4-14)5(9(10)11)3-13-7(8)2-12/h3-4,9H,1H3. The summed E-state index contributed by atoms with van der Waals surface area (Å²) in [5, 5.41) is 8.60. The van der Waals surface area contributed by atoms with Gasteiger partial charge in [-0.2, -0.15) is 5.26 Å². The lowest BCUT2D eigenvalue weighted by molar-refractivity contribution is 0.110. The quantitative estimate of drug-likeness (QED) is 0.715. The molecule has 15 heavy (non-hydrogen) atoms. The normalized spacial score (nSPS) is 9.80. The van der Waals surface area contributed by atoms with E-state index in [1.807, 2.05) is 0 Å². The van der Waals surface area contributed by atoms with Gasteiger partial charge in [-0.05, 0) is 0 Å². The number of nitrogens with zero attached hydrogens (tertiary/aromatic N) is 2. The number of pyridine rings is 1. The van der Waals surface area contributed by atoms with Crippen molar-refractivity contribution in [1.29, 1.82) is 5.26 Å². The van der Waals surface area contributed by atoms with Crippen molar-refractivity contribution in [3.05, 3.63) is 23.0 Å². The first-order chi connectivity index (χ1) is 7.15. The molecule has 0 spiro atoms. The van der Waals surface area contributed by atoms with Gasteiger partial charge in [0.15, 0.2) is 17.7 Å². The Hall–Kier alpha value is -2.03. The van der Waals surface area contributed by atoms with Gasteiger partial charge in [0.2, 0.25) is 0 Å². The second kappa shape index (κ2) is 4.46. The molecule has 4 nitrogen and oxygen atoms in total. The topological polar surface area (TPSA) is 63.0 Å². The highest BCUT2D eigenvalue weighted by molar-refractivity contribution is 5.82. The molecule has 1 rings (SSSR count). The van der Waals surface area contributed by atoms with Gasteiger partial charge in [0, 0.05) is 6.20 Å². The van der Waals surface area contributed by atoms with Gasteiger partial charge in [-0.3, -0.25) is 4.79 Å². The summed E-state index contributed by atoms with van der Waals surface area (Å²) in [5.41, 5.74) is -1.07. The number of aldehydes is 1. The van der Waals surface area contributed by atoms with Crippen molar-refractivity contribution in [1.82, 2.24) is 4.98 Å². The summed E-state index contributed by atoms with van der Waals surface area (Å²) in [5.74, 6) is -0.217. The number of hydrogen-bond acceptors (Lipinski definition) is 4. The van der Waals surface area contributed by atoms with E-state index in [9.17, 15) is 13.6 Å². The summed E-state index contributed by atoms with van der Waals surface area (Å²) in [4.78, 5) is 14.1. The largest absolute Gasteiger partial charge is 0.493 e. The molecule has 0 radical (unpaired) electrons. The van der Waals surface area contributed by atoms with Crippen LogP contribution in [-0.4, -0.2) is 18.4 Å². The summed E-state index contributed by atoms with van der Waals surface area (Å²) < 4.78 is 29.6. The number of aromatic nitrogens is 1. The molecule has 0 bridgehead atoms. The van der Waals surface area contributed by atoms with Gasteiger partial charge < -0.3 is 4.74 Å². The summed E-state index contributed by atoms with van der Waals surface area (Å²) in [7, 11) is 1.18. The van der Waals surface area contributed by atoms with Crippen molar-refractivity contribution >= 4 is 6.29 Å². The third kappa shape index (κ3) is 1.91. The van der Waals surface area contributed by atoms with Crippen molar-refractivity contribution in [2.45, 2.75) is 6.43 Å². The zero-order valence-corrected chi connectivity index (χ0v) is 7.70. The minimum atomic E-state index is -2.83. The van der Waals surface area contributed by atoms with E-state index in [1.54, 1.807) is 6.07 Å². The van der Waals surface area contributed by atoms with Crippen molar-refractivity contribution in [2.24, 2.45) is 0 Å². The highest BCUT2D eigenvalue weighted by Crippen LogP contribution is 2.29. The van der Waals surface area contributed by atoms with Crippen LogP contribution in [0.25, 0.3) is 0 Å². The Balaban J connectivity index is 3.49. The molecule has 0 saturated heterocycles. The molecule has 0 aliphatic carbocycles. The third-order valence-corrected chi connectivity index (χ3v) is 1.77. The van der Waals surface area contributed by atoms with E-state index in [4.69, 9.17) is 10.00 Å². The van der Waals surface area contributed by atoms with Gasteiger partial charge in [-0.1, -0.05) is 0 Å². The molecule has 1 aromatic rings. The maximum absolute atomic E-state index is 12.4. The smallest absolute Gasteiger partial charge is 0.266 e. The van der Waals surface area contributed by atoms with E-state index in [0.717, 1.165) is 6.20 Å². The maximum Gasteiger partial charge on any atom is 0.266 e. The van der Waals surface area contributed by atoms with Crippen LogP contribution in [0.1, 0.15) is 28.0 Å². The van der Waals surface area contributed by atoms with Crippen LogP contribution >= 0.6 is 0 Å². The summed E-state index contributed by atoms with van der Waals surface area (Å²) in [6.45, 7) is 0. The van der Waals surface area contributed by atoms with Gasteiger partial charge >= 0.3 is 0 Å². The zero-order chi connectivity index (χ0) is 11.4. The van der Waals surface area contributed by atoms with Crippen molar-refractivity contribution in [2.75, 3.05) is 7.11 Å². The van der Waals surface area contributed by atoms with E-state index in [-0.39, 0.29) is 23.3 Å². The van der Waals surface area contributed by atoms with Crippen LogP contribution in [0.5, 0.6) is 5.75 Å². The molecule has 0 atom stereocenters. The lowest BCUT2D eigenvalue weighted by atomic mass is 10.1. The van der Waals surface area contributed by atoms with Crippen molar-refractivity contribution < 1.29 is 18.3 Å². The second-order valence-electron chi connectivity index (χ2n) is 2.54. The van der Waals surface area contributed by atoms with E-state index in [2.05, 4.69) is 4.98 Å². The van der Waals surface area contributed by atoms with Crippen LogP contribution in [0.2, 0.25) is 0 Å². The Morgan fingerprint density at radius 2 is 2.33 bits per heavy atom. The third-order valence-electron chi connectivity index (χ3n) is 1.77. The molecule has 78 valence electrons. The number of hydrogen-bond donors (Lipinski definition) is 0. The molecule has 0 aromatic carbocycles. The molecule has 1 aromatic heterocycles. The first-order valence-electron chi connectivity index (χ1n) is 3.86. The SMILES string of the molecule is COc1c(C#N)ncc(C(F)F)c1C=O. The van der Waals surface area contributed by atoms with E-state index < -0.39 is 12.0 Å². The van der Waals surface area contributed by atoms with Crippen LogP contribution < -0.4 is 4.74 Å². The number of carbonyl (C=O) groups is 1. The number of methoxy groups -OCH3 is 1. The van der Waals surface area contributed by atoms with E-state index >= 15 is 0 Å². The number of halogens is 2. The number of rotatable bonds is 3. The molecule has 0 saturated carbocycles. The Morgan fingerprint density at radius 1 is 1.67 bits per heavy atom. The molecule has 0 N–H and O–H groups in total. The Kier molecular flexibility index (Phi) is 3.29. The maximum atomic E-state index is 12.4. The van der Waals surface area contributed by atoms with Crippen molar-refractivity contribution in [3.8, 4) is 11.8 Å². The fraction of sp³-hybridized carbons (Fsp3) is 0.222. The average Bonchev–Trinajstić information content (AvgIpc) is 2.26. The van der Waals surface area contributed by atoms with Gasteiger partial charge in [-0.25, -0.2) is 13.8 Å². The number of carbonyl (C=O) groups excluding carboxylic acids is 1. The molecule has 0 aliphatic rings. The first kappa shape index (κ1) is 11.0. The Morgan fingerprint density at radius 3 is 2.73 bits per heavy atom. The van der Waals surface area contributed by atoms with Crippen LogP contribution in [0.15, 0.2) is 6.20 Å². The molecule has 6 heteroatoms. The fourth-order valence-corrected chi connectivity index (χ4v) is 1.10. The second-order valence-corrected chi connectivity index (χ2v) is 2.54. The number of alkyl halides is 2. The first-order valence-corrected chi connectivity index (χ1v) is 3.86. The Bertz CT molecular complexity index is 427. The summed E-state index contributed by atoms with van der Waals surface area (Å²) in [6.07, 6.45) is -1.81. The highest BCUT2D eigenvalue weighted by Gasteiger charge is 2.20. The lowest BCUT2D eigenvalue weighted by Crippen LogP contribution is -2.02. The average molecular weight is 212 g/mol.